The lowest BCUT2D eigenvalue weighted by molar-refractivity contribution is -0.154. The number of hydrogen-bond acceptors (Lipinski definition) is 5. The summed E-state index contributed by atoms with van der Waals surface area (Å²) in [5, 5.41) is -0.408. The van der Waals surface area contributed by atoms with Crippen LogP contribution in [0.5, 0.6) is 0 Å². The molecule has 1 rings (SSSR count). The standard InChI is InChI=1S/C12H20O4S/c1-6-17-10(14)16-7-15-9(13)8-11(2,3)12(8,4)5/h8H,6-7H2,1-5H3. The number of esters is 1. The van der Waals surface area contributed by atoms with Gasteiger partial charge in [-0.25, -0.2) is 4.79 Å². The van der Waals surface area contributed by atoms with Crippen molar-refractivity contribution in [3.8, 4) is 0 Å². The highest BCUT2D eigenvalue weighted by Gasteiger charge is 2.69. The van der Waals surface area contributed by atoms with Gasteiger partial charge >= 0.3 is 11.3 Å². The summed E-state index contributed by atoms with van der Waals surface area (Å²) in [5.41, 5.74) is -0.0987. The van der Waals surface area contributed by atoms with E-state index >= 15 is 0 Å². The smallest absolute Gasteiger partial charge is 0.370 e. The molecule has 0 spiro atoms. The molecule has 0 aromatic rings. The molecule has 1 aliphatic carbocycles. The number of hydrogen-bond donors (Lipinski definition) is 0. The molecular weight excluding hydrogens is 240 g/mol. The van der Waals surface area contributed by atoms with E-state index in [4.69, 9.17) is 9.47 Å². The van der Waals surface area contributed by atoms with Crippen LogP contribution < -0.4 is 0 Å². The third-order valence-corrected chi connectivity index (χ3v) is 4.54. The summed E-state index contributed by atoms with van der Waals surface area (Å²) in [6.45, 7) is 9.73. The number of carbonyl (C=O) groups excluding carboxylic acids is 2. The zero-order valence-electron chi connectivity index (χ0n) is 11.0. The Balaban J connectivity index is 2.31. The molecule has 0 atom stereocenters. The second kappa shape index (κ2) is 4.88. The summed E-state index contributed by atoms with van der Waals surface area (Å²) in [4.78, 5) is 22.8. The van der Waals surface area contributed by atoms with Crippen LogP contribution in [-0.4, -0.2) is 23.8 Å². The van der Waals surface area contributed by atoms with Gasteiger partial charge in [-0.05, 0) is 22.6 Å². The highest BCUT2D eigenvalue weighted by atomic mass is 32.2. The summed E-state index contributed by atoms with van der Waals surface area (Å²) in [6.07, 6.45) is 0. The highest BCUT2D eigenvalue weighted by Crippen LogP contribution is 2.68. The van der Waals surface area contributed by atoms with Crippen molar-refractivity contribution in [1.82, 2.24) is 0 Å². The first-order valence-electron chi connectivity index (χ1n) is 5.71. The summed E-state index contributed by atoms with van der Waals surface area (Å²) in [6, 6.07) is 0. The molecule has 4 nitrogen and oxygen atoms in total. The topological polar surface area (TPSA) is 52.6 Å². The fourth-order valence-electron chi connectivity index (χ4n) is 2.16. The largest absolute Gasteiger partial charge is 0.428 e. The molecule has 0 aromatic heterocycles. The van der Waals surface area contributed by atoms with Gasteiger partial charge in [0.05, 0.1) is 5.92 Å². The quantitative estimate of drug-likeness (QED) is 0.574. The molecule has 1 aliphatic rings. The maximum atomic E-state index is 11.8. The highest BCUT2D eigenvalue weighted by molar-refractivity contribution is 8.13. The Bertz CT molecular complexity index is 308. The van der Waals surface area contributed by atoms with Gasteiger partial charge in [0, 0.05) is 5.75 Å². The number of ether oxygens (including phenoxy) is 2. The van der Waals surface area contributed by atoms with E-state index in [9.17, 15) is 9.59 Å². The first-order valence-corrected chi connectivity index (χ1v) is 6.70. The molecule has 5 heteroatoms. The molecule has 1 saturated carbocycles. The predicted octanol–water partition coefficient (Wildman–Crippen LogP) is 3.06. The van der Waals surface area contributed by atoms with Gasteiger partial charge in [0.15, 0.2) is 0 Å². The molecule has 0 bridgehead atoms. The zero-order valence-corrected chi connectivity index (χ0v) is 11.8. The summed E-state index contributed by atoms with van der Waals surface area (Å²) in [5.74, 6) is 0.247. The third-order valence-electron chi connectivity index (χ3n) is 3.90. The molecule has 0 unspecified atom stereocenters. The molecule has 0 saturated heterocycles. The Hall–Kier alpha value is -0.710. The molecule has 0 aromatic carbocycles. The maximum absolute atomic E-state index is 11.8. The Morgan fingerprint density at radius 3 is 2.06 bits per heavy atom. The van der Waals surface area contributed by atoms with E-state index in [-0.39, 0.29) is 29.5 Å². The molecule has 98 valence electrons. The van der Waals surface area contributed by atoms with Crippen molar-refractivity contribution in [1.29, 1.82) is 0 Å². The van der Waals surface area contributed by atoms with E-state index in [0.29, 0.717) is 5.75 Å². The Morgan fingerprint density at radius 1 is 1.12 bits per heavy atom. The fraction of sp³-hybridized carbons (Fsp3) is 0.833. The Labute approximate surface area is 106 Å². The van der Waals surface area contributed by atoms with Crippen LogP contribution in [0.2, 0.25) is 0 Å². The molecular formula is C12H20O4S. The van der Waals surface area contributed by atoms with Gasteiger partial charge in [-0.3, -0.25) is 4.79 Å². The van der Waals surface area contributed by atoms with E-state index < -0.39 is 5.30 Å². The van der Waals surface area contributed by atoms with E-state index in [1.165, 1.54) is 0 Å². The zero-order chi connectivity index (χ0) is 13.3. The minimum absolute atomic E-state index is 0.0493. The summed E-state index contributed by atoms with van der Waals surface area (Å²) < 4.78 is 9.71. The second-order valence-electron chi connectivity index (χ2n) is 5.28. The van der Waals surface area contributed by atoms with Crippen LogP contribution in [0.15, 0.2) is 0 Å². The first-order chi connectivity index (χ1) is 7.75. The van der Waals surface area contributed by atoms with Crippen LogP contribution >= 0.6 is 11.8 Å². The lowest BCUT2D eigenvalue weighted by atomic mass is 10.0. The van der Waals surface area contributed by atoms with E-state index in [2.05, 4.69) is 0 Å². The average Bonchev–Trinajstić information content (AvgIpc) is 2.57. The molecule has 0 aliphatic heterocycles. The van der Waals surface area contributed by atoms with Crippen LogP contribution in [0.1, 0.15) is 34.6 Å². The van der Waals surface area contributed by atoms with Gasteiger partial charge in [0.2, 0.25) is 6.79 Å². The van der Waals surface area contributed by atoms with Crippen LogP contribution in [0.25, 0.3) is 0 Å². The van der Waals surface area contributed by atoms with Crippen LogP contribution in [-0.2, 0) is 14.3 Å². The van der Waals surface area contributed by atoms with Crippen molar-refractivity contribution in [2.24, 2.45) is 16.7 Å². The van der Waals surface area contributed by atoms with Crippen molar-refractivity contribution in [2.45, 2.75) is 34.6 Å². The SMILES string of the molecule is CCSC(=O)OCOC(=O)C1C(C)(C)C1(C)C. The summed E-state index contributed by atoms with van der Waals surface area (Å²) >= 11 is 1.05. The average molecular weight is 260 g/mol. The maximum Gasteiger partial charge on any atom is 0.370 e. The van der Waals surface area contributed by atoms with Gasteiger partial charge in [0.25, 0.3) is 0 Å². The van der Waals surface area contributed by atoms with E-state index in [0.717, 1.165) is 11.8 Å². The first kappa shape index (κ1) is 14.4. The Morgan fingerprint density at radius 2 is 1.65 bits per heavy atom. The fourth-order valence-corrected chi connectivity index (χ4v) is 2.53. The van der Waals surface area contributed by atoms with Gasteiger partial charge < -0.3 is 9.47 Å². The van der Waals surface area contributed by atoms with Crippen molar-refractivity contribution in [2.75, 3.05) is 12.5 Å². The van der Waals surface area contributed by atoms with Crippen LogP contribution in [0.3, 0.4) is 0 Å². The predicted molar refractivity (Wildman–Crippen MR) is 66.6 cm³/mol. The van der Waals surface area contributed by atoms with Gasteiger partial charge in [-0.2, -0.15) is 0 Å². The monoisotopic (exact) mass is 260 g/mol. The van der Waals surface area contributed by atoms with Crippen molar-refractivity contribution >= 4 is 23.0 Å². The lowest BCUT2D eigenvalue weighted by Crippen LogP contribution is -2.15. The van der Waals surface area contributed by atoms with Gasteiger partial charge in [0.1, 0.15) is 0 Å². The minimum Gasteiger partial charge on any atom is -0.428 e. The van der Waals surface area contributed by atoms with Gasteiger partial charge in [-0.15, -0.1) is 0 Å². The lowest BCUT2D eigenvalue weighted by Gasteiger charge is -2.06. The number of rotatable bonds is 4. The molecule has 17 heavy (non-hydrogen) atoms. The van der Waals surface area contributed by atoms with Crippen molar-refractivity contribution in [3.05, 3.63) is 0 Å². The van der Waals surface area contributed by atoms with Gasteiger partial charge in [-0.1, -0.05) is 34.6 Å². The molecule has 0 N–H and O–H groups in total. The van der Waals surface area contributed by atoms with E-state index in [1.807, 2.05) is 34.6 Å². The number of thioether (sulfide) groups is 1. The van der Waals surface area contributed by atoms with Crippen LogP contribution in [0.4, 0.5) is 4.79 Å². The van der Waals surface area contributed by atoms with E-state index in [1.54, 1.807) is 0 Å². The second-order valence-corrected chi connectivity index (χ2v) is 6.48. The molecule has 0 heterocycles. The van der Waals surface area contributed by atoms with Crippen molar-refractivity contribution in [3.63, 3.8) is 0 Å². The van der Waals surface area contributed by atoms with Crippen LogP contribution in [0, 0.1) is 16.7 Å². The normalized spacial score (nSPS) is 20.8. The molecule has 0 amide bonds. The molecule has 1 fully saturated rings. The Kier molecular flexibility index (Phi) is 4.12. The third kappa shape index (κ3) is 2.76. The van der Waals surface area contributed by atoms with Crippen molar-refractivity contribution < 1.29 is 19.1 Å². The molecule has 0 radical (unpaired) electrons. The summed E-state index contributed by atoms with van der Waals surface area (Å²) in [7, 11) is 0. The number of carbonyl (C=O) groups is 2. The minimum atomic E-state index is -0.408.